The Morgan fingerprint density at radius 3 is 1.71 bits per heavy atom. The zero-order valence-corrected chi connectivity index (χ0v) is 10.5. The van der Waals surface area contributed by atoms with Crippen molar-refractivity contribution < 1.29 is 76.5 Å². The van der Waals surface area contributed by atoms with E-state index in [1.807, 2.05) is 0 Å². The molecule has 0 aromatic carbocycles. The maximum Gasteiger partial charge on any atom is 2.00 e. The summed E-state index contributed by atoms with van der Waals surface area (Å²) in [6.07, 6.45) is 0. The van der Waals surface area contributed by atoms with Gasteiger partial charge in [-0.15, -0.1) is 0 Å². The molecule has 0 aliphatic heterocycles. The van der Waals surface area contributed by atoms with E-state index >= 15 is 0 Å². The first-order chi connectivity index (χ1) is 1.73. The van der Waals surface area contributed by atoms with Crippen LogP contribution in [0.4, 0.5) is 0 Å². The van der Waals surface area contributed by atoms with Gasteiger partial charge in [0.2, 0.25) is 0 Å². The summed E-state index contributed by atoms with van der Waals surface area (Å²) in [5.41, 5.74) is 0. The number of hydrogen-bond acceptors (Lipinski definition) is 1. The van der Waals surface area contributed by atoms with Gasteiger partial charge in [0.1, 0.15) is 0 Å². The molecular formula is C2H6CaClKO2. The third-order valence-electron chi connectivity index (χ3n) is 0. The van der Waals surface area contributed by atoms with E-state index < -0.39 is 5.97 Å². The van der Waals surface area contributed by atoms with E-state index in [2.05, 4.69) is 0 Å². The molecule has 2 nitrogen and oxygen atoms in total. The number of halogens is 1. The van der Waals surface area contributed by atoms with E-state index in [4.69, 9.17) is 9.90 Å². The van der Waals surface area contributed by atoms with Crippen molar-refractivity contribution in [1.82, 2.24) is 0 Å². The van der Waals surface area contributed by atoms with E-state index in [-0.39, 0.29) is 104 Å². The average Bonchev–Trinajstić information content (AvgIpc) is 0.811. The number of carboxylic acids is 1. The van der Waals surface area contributed by atoms with E-state index in [1.165, 1.54) is 0 Å². The van der Waals surface area contributed by atoms with Crippen molar-refractivity contribution in [1.29, 1.82) is 0 Å². The quantitative estimate of drug-likeness (QED) is 0.373. The third-order valence-corrected chi connectivity index (χ3v) is 0. The Morgan fingerprint density at radius 1 is 1.71 bits per heavy atom. The largest absolute Gasteiger partial charge is 2.00 e. The predicted octanol–water partition coefficient (Wildman–Crippen LogP) is -6.06. The molecule has 7 heavy (non-hydrogen) atoms. The molecule has 0 amide bonds. The van der Waals surface area contributed by atoms with Gasteiger partial charge in [-0.2, -0.15) is 0 Å². The molecule has 0 rings (SSSR count). The van der Waals surface area contributed by atoms with Crippen molar-refractivity contribution in [2.24, 2.45) is 0 Å². The van der Waals surface area contributed by atoms with E-state index in [0.717, 1.165) is 6.92 Å². The molecule has 0 bridgehead atoms. The summed E-state index contributed by atoms with van der Waals surface area (Å²) in [5.74, 6) is -0.833. The van der Waals surface area contributed by atoms with Gasteiger partial charge in [-0.05, 0) is 0 Å². The zero-order valence-electron chi connectivity index (χ0n) is 6.44. The number of aliphatic carboxylic acids is 1. The van der Waals surface area contributed by atoms with Crippen LogP contribution in [0, 0.1) is 0 Å². The van der Waals surface area contributed by atoms with Crippen LogP contribution < -0.4 is 63.8 Å². The van der Waals surface area contributed by atoms with Crippen molar-refractivity contribution in [2.75, 3.05) is 0 Å². The van der Waals surface area contributed by atoms with Gasteiger partial charge in [0.25, 0.3) is 5.97 Å². The predicted molar refractivity (Wildman–Crippen MR) is 21.3 cm³/mol. The molecule has 0 fully saturated rings. The molecule has 1 N–H and O–H groups in total. The molecule has 0 heterocycles. The topological polar surface area (TPSA) is 37.3 Å². The SMILES string of the molecule is CC(=O)O.[Ca+2].[Cl-].[H-].[H-].[K+]. The second kappa shape index (κ2) is 15.9. The molecule has 0 aliphatic carbocycles. The molecule has 5 heteroatoms. The van der Waals surface area contributed by atoms with Crippen LogP contribution in [-0.2, 0) is 4.79 Å². The first-order valence-electron chi connectivity index (χ1n) is 0.928. The van der Waals surface area contributed by atoms with Gasteiger partial charge in [-0.1, -0.05) is 0 Å². The van der Waals surface area contributed by atoms with Gasteiger partial charge >= 0.3 is 89.1 Å². The Bertz CT molecular complexity index is 45.5. The van der Waals surface area contributed by atoms with Gasteiger partial charge in [-0.3, -0.25) is 4.79 Å². The van der Waals surface area contributed by atoms with Crippen LogP contribution in [0.15, 0.2) is 0 Å². The minimum Gasteiger partial charge on any atom is -1.00 e. The average molecular weight is 177 g/mol. The molecule has 0 radical (unpaired) electrons. The maximum absolute atomic E-state index is 9.00. The van der Waals surface area contributed by atoms with Gasteiger partial charge < -0.3 is 20.4 Å². The monoisotopic (exact) mass is 176 g/mol. The molecule has 0 saturated carbocycles. The van der Waals surface area contributed by atoms with Crippen LogP contribution in [0.2, 0.25) is 0 Å². The number of carboxylic acid groups (broad SMARTS) is 1. The van der Waals surface area contributed by atoms with E-state index in [9.17, 15) is 0 Å². The minimum atomic E-state index is -0.833. The first-order valence-corrected chi connectivity index (χ1v) is 0.928. The summed E-state index contributed by atoms with van der Waals surface area (Å²) >= 11 is 0. The van der Waals surface area contributed by atoms with Crippen molar-refractivity contribution in [3.8, 4) is 0 Å². The molecule has 36 valence electrons. The van der Waals surface area contributed by atoms with Gasteiger partial charge in [0, 0.05) is 6.92 Å². The van der Waals surface area contributed by atoms with Gasteiger partial charge in [0.05, 0.1) is 0 Å². The second-order valence-corrected chi connectivity index (χ2v) is 0.519. The van der Waals surface area contributed by atoms with Crippen LogP contribution in [0.1, 0.15) is 9.78 Å². The van der Waals surface area contributed by atoms with E-state index in [0.29, 0.717) is 0 Å². The maximum atomic E-state index is 9.00. The fourth-order valence-corrected chi connectivity index (χ4v) is 0. The summed E-state index contributed by atoms with van der Waals surface area (Å²) in [6, 6.07) is 0. The Kier molecular flexibility index (Phi) is 51.2. The Labute approximate surface area is 124 Å². The molecule has 0 aliphatic rings. The molecular weight excluding hydrogens is 171 g/mol. The first kappa shape index (κ1) is 22.6. The second-order valence-electron chi connectivity index (χ2n) is 0.519. The zero-order chi connectivity index (χ0) is 3.58. The van der Waals surface area contributed by atoms with Crippen molar-refractivity contribution in [2.45, 2.75) is 6.92 Å². The standard InChI is InChI=1S/C2H4O2.Ca.ClH.K.2H/c1-2(3)4;;;;;/h1H3,(H,3,4);;1H;;;/q;+2;;+1;2*-1/p-1. The summed E-state index contributed by atoms with van der Waals surface area (Å²) in [6.45, 7) is 1.08. The summed E-state index contributed by atoms with van der Waals surface area (Å²) in [5, 5.41) is 7.42. The van der Waals surface area contributed by atoms with Gasteiger partial charge in [-0.25, -0.2) is 0 Å². The summed E-state index contributed by atoms with van der Waals surface area (Å²) in [7, 11) is 0. The van der Waals surface area contributed by atoms with E-state index in [1.54, 1.807) is 0 Å². The Morgan fingerprint density at radius 2 is 1.71 bits per heavy atom. The number of hydrogen-bond donors (Lipinski definition) is 1. The molecule has 0 aromatic heterocycles. The van der Waals surface area contributed by atoms with Crippen LogP contribution in [0.3, 0.4) is 0 Å². The summed E-state index contributed by atoms with van der Waals surface area (Å²) in [4.78, 5) is 9.00. The molecule has 0 saturated heterocycles. The fraction of sp³-hybridized carbons (Fsp3) is 0.500. The molecule has 0 spiro atoms. The van der Waals surface area contributed by atoms with Gasteiger partial charge in [0.15, 0.2) is 0 Å². The fourth-order valence-electron chi connectivity index (χ4n) is 0. The number of rotatable bonds is 0. The molecule has 0 unspecified atom stereocenters. The Balaban J connectivity index is -0.00000000450. The molecule has 0 aromatic rings. The van der Waals surface area contributed by atoms with Crippen LogP contribution in [-0.4, -0.2) is 48.8 Å². The normalized spacial score (nSPS) is 3.57. The third kappa shape index (κ3) is 54.4. The smallest absolute Gasteiger partial charge is 1.00 e. The number of carbonyl (C=O) groups is 1. The van der Waals surface area contributed by atoms with Crippen LogP contribution in [0.5, 0.6) is 0 Å². The molecule has 0 atom stereocenters. The summed E-state index contributed by atoms with van der Waals surface area (Å²) < 4.78 is 0. The Hall–Kier alpha value is 2.66. The minimum absolute atomic E-state index is 0. The van der Waals surface area contributed by atoms with Crippen LogP contribution >= 0.6 is 0 Å². The van der Waals surface area contributed by atoms with Crippen molar-refractivity contribution in [3.63, 3.8) is 0 Å². The van der Waals surface area contributed by atoms with Crippen molar-refractivity contribution in [3.05, 3.63) is 0 Å². The van der Waals surface area contributed by atoms with Crippen LogP contribution in [0.25, 0.3) is 0 Å². The van der Waals surface area contributed by atoms with Crippen molar-refractivity contribution >= 4 is 43.7 Å².